The van der Waals surface area contributed by atoms with E-state index in [2.05, 4.69) is 4.98 Å². The third-order valence-corrected chi connectivity index (χ3v) is 3.76. The molecule has 4 heteroatoms. The summed E-state index contributed by atoms with van der Waals surface area (Å²) in [6.07, 6.45) is 1.77. The normalized spacial score (nSPS) is 9.75. The van der Waals surface area contributed by atoms with Crippen LogP contribution in [-0.2, 0) is 0 Å². The van der Waals surface area contributed by atoms with E-state index < -0.39 is 0 Å². The fraction of sp³-hybridized carbons (Fsp3) is 0. The Morgan fingerprint density at radius 1 is 1.06 bits per heavy atom. The van der Waals surface area contributed by atoms with Gasteiger partial charge < -0.3 is 0 Å². The van der Waals surface area contributed by atoms with Crippen molar-refractivity contribution in [2.75, 3.05) is 0 Å². The van der Waals surface area contributed by atoms with Gasteiger partial charge in [0.2, 0.25) is 0 Å². The second-order valence-electron chi connectivity index (χ2n) is 2.94. The molecular weight excluding hydrogens is 285 g/mol. The van der Waals surface area contributed by atoms with Gasteiger partial charge in [0.1, 0.15) is 0 Å². The van der Waals surface area contributed by atoms with E-state index in [1.807, 2.05) is 48.5 Å². The van der Waals surface area contributed by atoms with E-state index in [0.29, 0.717) is 3.95 Å². The van der Waals surface area contributed by atoms with Crippen molar-refractivity contribution in [3.63, 3.8) is 0 Å². The Morgan fingerprint density at radius 2 is 1.81 bits per heavy atom. The molecule has 0 aliphatic carbocycles. The molecule has 0 spiro atoms. The zero-order valence-corrected chi connectivity index (χ0v) is 10.9. The Balaban J connectivity index is 1.95. The van der Waals surface area contributed by atoms with Crippen LogP contribution in [0.1, 0.15) is 0 Å². The van der Waals surface area contributed by atoms with Gasteiger partial charge in [0.15, 0.2) is 0 Å². The number of hydrogen-bond acceptors (Lipinski definition) is 3. The van der Waals surface area contributed by atoms with E-state index in [-0.39, 0.29) is 15.0 Å². The van der Waals surface area contributed by atoms with Gasteiger partial charge in [-0.05, 0) is 0 Å². The molecule has 0 aliphatic heterocycles. The Kier molecular flexibility index (Phi) is 4.05. The van der Waals surface area contributed by atoms with Crippen LogP contribution in [0.25, 0.3) is 0 Å². The van der Waals surface area contributed by atoms with Crippen LogP contribution in [0.3, 0.4) is 0 Å². The van der Waals surface area contributed by atoms with Gasteiger partial charge in [0, 0.05) is 0 Å². The average Bonchev–Trinajstić information content (AvgIpc) is 2.31. The van der Waals surface area contributed by atoms with Gasteiger partial charge in [-0.2, -0.15) is 0 Å². The van der Waals surface area contributed by atoms with Crippen LogP contribution in [0.5, 0.6) is 5.75 Å². The Hall–Kier alpha value is -1.22. The van der Waals surface area contributed by atoms with Crippen molar-refractivity contribution < 1.29 is 4.74 Å². The van der Waals surface area contributed by atoms with Gasteiger partial charge in [-0.3, -0.25) is 0 Å². The fourth-order valence-corrected chi connectivity index (χ4v) is 2.83. The number of para-hydroxylation sites is 1. The van der Waals surface area contributed by atoms with Gasteiger partial charge in [0.05, 0.1) is 0 Å². The molecule has 0 saturated heterocycles. The number of aromatic nitrogens is 1. The van der Waals surface area contributed by atoms with Crippen LogP contribution in [0.15, 0.2) is 54.7 Å². The molecule has 1 aromatic carbocycles. The van der Waals surface area contributed by atoms with Crippen molar-refractivity contribution in [2.24, 2.45) is 0 Å². The molecule has 16 heavy (non-hydrogen) atoms. The number of nitrogens with zero attached hydrogens (tertiary/aromatic N) is 1. The van der Waals surface area contributed by atoms with E-state index in [9.17, 15) is 0 Å². The molecule has 2 rings (SSSR count). The molecule has 0 radical (unpaired) electrons. The summed E-state index contributed by atoms with van der Waals surface area (Å²) in [7, 11) is 0. The topological polar surface area (TPSA) is 22.1 Å². The van der Waals surface area contributed by atoms with Crippen molar-refractivity contribution in [3.05, 3.63) is 54.7 Å². The molecule has 0 saturated carbocycles. The maximum absolute atomic E-state index is 5.54. The molecule has 0 atom stereocenters. The molecule has 0 unspecified atom stereocenters. The van der Waals surface area contributed by atoms with Crippen LogP contribution < -0.4 is 9.33 Å². The minimum absolute atomic E-state index is 0.0214. The quantitative estimate of drug-likeness (QED) is 0.636. The maximum atomic E-state index is 5.54. The Morgan fingerprint density at radius 3 is 2.50 bits per heavy atom. The van der Waals surface area contributed by atoms with Crippen LogP contribution >= 0.6 is 12.2 Å². The van der Waals surface area contributed by atoms with Crippen molar-refractivity contribution in [2.45, 2.75) is 0 Å². The summed E-state index contributed by atoms with van der Waals surface area (Å²) in [4.78, 5) is 4.22. The number of rotatable bonds is 3. The SMILES string of the molecule is S=C(Oc1ccccc1)[Se]c1ccccn1. The standard InChI is InChI=1S/C12H9NOSSe/c15-12(14-10-6-2-1-3-7-10)16-11-8-4-5-9-13-11/h1-9H. The van der Waals surface area contributed by atoms with E-state index in [4.69, 9.17) is 17.0 Å². The second kappa shape index (κ2) is 5.75. The predicted octanol–water partition coefficient (Wildman–Crippen LogP) is 1.77. The summed E-state index contributed by atoms with van der Waals surface area (Å²) in [5, 5.41) is 0. The molecule has 1 aromatic heterocycles. The van der Waals surface area contributed by atoms with Crippen molar-refractivity contribution in [1.29, 1.82) is 0 Å². The van der Waals surface area contributed by atoms with Gasteiger partial charge >= 0.3 is 106 Å². The number of ether oxygens (including phenoxy) is 1. The summed E-state index contributed by atoms with van der Waals surface area (Å²) in [5.41, 5.74) is 0. The zero-order chi connectivity index (χ0) is 11.2. The predicted molar refractivity (Wildman–Crippen MR) is 69.3 cm³/mol. The first kappa shape index (κ1) is 11.3. The summed E-state index contributed by atoms with van der Waals surface area (Å²) < 4.78 is 7.11. The number of hydrogen-bond donors (Lipinski definition) is 0. The van der Waals surface area contributed by atoms with E-state index in [0.717, 1.165) is 10.3 Å². The van der Waals surface area contributed by atoms with Gasteiger partial charge in [-0.25, -0.2) is 0 Å². The molecule has 2 aromatic rings. The van der Waals surface area contributed by atoms with E-state index in [1.165, 1.54) is 0 Å². The monoisotopic (exact) mass is 295 g/mol. The molecule has 0 fully saturated rings. The molecule has 0 amide bonds. The first-order chi connectivity index (χ1) is 7.84. The summed E-state index contributed by atoms with van der Waals surface area (Å²) in [6.45, 7) is 0. The summed E-state index contributed by atoms with van der Waals surface area (Å²) >= 11 is 5.16. The first-order valence-corrected chi connectivity index (χ1v) is 6.82. The van der Waals surface area contributed by atoms with Gasteiger partial charge in [0.25, 0.3) is 0 Å². The average molecular weight is 294 g/mol. The molecule has 0 aliphatic rings. The minimum atomic E-state index is -0.0214. The van der Waals surface area contributed by atoms with Gasteiger partial charge in [-0.15, -0.1) is 0 Å². The molecule has 0 bridgehead atoms. The number of pyridine rings is 1. The fourth-order valence-electron chi connectivity index (χ4n) is 1.10. The molecule has 1 heterocycles. The van der Waals surface area contributed by atoms with E-state index >= 15 is 0 Å². The molecular formula is C12H9NOSSe. The molecule has 0 N–H and O–H groups in total. The summed E-state index contributed by atoms with van der Waals surface area (Å²) in [6, 6.07) is 15.4. The van der Waals surface area contributed by atoms with Crippen molar-refractivity contribution in [1.82, 2.24) is 4.98 Å². The van der Waals surface area contributed by atoms with Gasteiger partial charge in [-0.1, -0.05) is 0 Å². The first-order valence-electron chi connectivity index (χ1n) is 4.70. The van der Waals surface area contributed by atoms with E-state index in [1.54, 1.807) is 6.20 Å². The van der Waals surface area contributed by atoms with Crippen LogP contribution in [0, 0.1) is 0 Å². The summed E-state index contributed by atoms with van der Waals surface area (Å²) in [5.74, 6) is 0.783. The number of benzene rings is 1. The van der Waals surface area contributed by atoms with Crippen molar-refractivity contribution in [3.8, 4) is 5.75 Å². The Labute approximate surface area is 106 Å². The van der Waals surface area contributed by atoms with Crippen molar-refractivity contribution >= 4 is 35.7 Å². The third-order valence-electron chi connectivity index (χ3n) is 1.77. The number of thiocarbonyl (C=S) groups is 1. The molecule has 2 nitrogen and oxygen atoms in total. The van der Waals surface area contributed by atoms with Crippen LogP contribution in [-0.4, -0.2) is 23.9 Å². The second-order valence-corrected chi connectivity index (χ2v) is 5.97. The molecule has 80 valence electrons. The zero-order valence-electron chi connectivity index (χ0n) is 8.37. The van der Waals surface area contributed by atoms with Crippen LogP contribution in [0.2, 0.25) is 0 Å². The third kappa shape index (κ3) is 3.42. The van der Waals surface area contributed by atoms with Crippen LogP contribution in [0.4, 0.5) is 0 Å². The Bertz CT molecular complexity index is 417.